The molecule has 0 atom stereocenters. The zero-order valence-corrected chi connectivity index (χ0v) is 15.4. The largest absolute Gasteiger partial charge is 0.134 e. The molecule has 0 bridgehead atoms. The van der Waals surface area contributed by atoms with E-state index >= 15 is 0 Å². The number of benzene rings is 4. The first-order chi connectivity index (χ1) is 12.3. The van der Waals surface area contributed by atoms with Crippen molar-refractivity contribution in [3.63, 3.8) is 0 Å². The summed E-state index contributed by atoms with van der Waals surface area (Å²) in [5.74, 6) is 0. The van der Waals surface area contributed by atoms with Crippen LogP contribution in [0.5, 0.6) is 0 Å². The van der Waals surface area contributed by atoms with Gasteiger partial charge in [0.05, 0.1) is 0 Å². The highest BCUT2D eigenvalue weighted by Gasteiger charge is 2.14. The molecule has 0 aliphatic rings. The monoisotopic (exact) mass is 340 g/mol. The molecular formula is C24H20S. The van der Waals surface area contributed by atoms with E-state index in [0.29, 0.717) is 0 Å². The maximum absolute atomic E-state index is 2.42. The van der Waals surface area contributed by atoms with E-state index in [9.17, 15) is 0 Å². The standard InChI is InChI=1S/C24H20S/c1-3-15-8-7-9-17-12-13-20-23-19-11-6-5-10-18(19)16(4-2)14-21(23)25-24(20)22(15)17/h5-14H,3-4H2,1-2H3. The van der Waals surface area contributed by atoms with Gasteiger partial charge in [0, 0.05) is 25.6 Å². The molecule has 0 saturated heterocycles. The highest BCUT2D eigenvalue weighted by molar-refractivity contribution is 7.27. The molecule has 1 heteroatoms. The van der Waals surface area contributed by atoms with Crippen molar-refractivity contribution < 1.29 is 0 Å². The third-order valence-corrected chi connectivity index (χ3v) is 6.59. The van der Waals surface area contributed by atoms with Crippen LogP contribution in [0, 0.1) is 0 Å². The van der Waals surface area contributed by atoms with Gasteiger partial charge < -0.3 is 0 Å². The van der Waals surface area contributed by atoms with Crippen molar-refractivity contribution in [1.82, 2.24) is 0 Å². The highest BCUT2D eigenvalue weighted by Crippen LogP contribution is 2.43. The van der Waals surface area contributed by atoms with Crippen LogP contribution in [0.15, 0.2) is 60.7 Å². The SMILES string of the molecule is CCc1cc2sc3c(ccc4cccc(CC)c43)c2c2ccccc12. The van der Waals surface area contributed by atoms with Crippen molar-refractivity contribution >= 4 is 53.1 Å². The molecule has 0 spiro atoms. The number of hydrogen-bond donors (Lipinski definition) is 0. The van der Waals surface area contributed by atoms with Crippen LogP contribution in [-0.2, 0) is 12.8 Å². The lowest BCUT2D eigenvalue weighted by Crippen LogP contribution is -1.85. The number of rotatable bonds is 2. The zero-order valence-electron chi connectivity index (χ0n) is 14.6. The first-order valence-electron chi connectivity index (χ1n) is 9.09. The highest BCUT2D eigenvalue weighted by atomic mass is 32.1. The van der Waals surface area contributed by atoms with Gasteiger partial charge in [-0.05, 0) is 46.2 Å². The van der Waals surface area contributed by atoms with Crippen molar-refractivity contribution in [3.05, 3.63) is 71.8 Å². The van der Waals surface area contributed by atoms with Gasteiger partial charge in [0.2, 0.25) is 0 Å². The van der Waals surface area contributed by atoms with E-state index in [1.165, 1.54) is 52.8 Å². The molecule has 0 N–H and O–H groups in total. The number of hydrogen-bond acceptors (Lipinski definition) is 1. The molecule has 0 saturated carbocycles. The Hall–Kier alpha value is -2.38. The average molecular weight is 340 g/mol. The Morgan fingerprint density at radius 2 is 1.48 bits per heavy atom. The Morgan fingerprint density at radius 3 is 2.28 bits per heavy atom. The van der Waals surface area contributed by atoms with Crippen LogP contribution >= 0.6 is 11.3 Å². The Morgan fingerprint density at radius 1 is 0.680 bits per heavy atom. The van der Waals surface area contributed by atoms with E-state index in [-0.39, 0.29) is 0 Å². The molecule has 0 fully saturated rings. The summed E-state index contributed by atoms with van der Waals surface area (Å²) in [5.41, 5.74) is 2.91. The van der Waals surface area contributed by atoms with Crippen LogP contribution < -0.4 is 0 Å². The normalized spacial score (nSPS) is 11.9. The smallest absolute Gasteiger partial charge is 0.0436 e. The predicted octanol–water partition coefficient (Wildman–Crippen LogP) is 7.49. The van der Waals surface area contributed by atoms with Crippen LogP contribution in [0.1, 0.15) is 25.0 Å². The molecule has 0 amide bonds. The lowest BCUT2D eigenvalue weighted by atomic mass is 9.96. The van der Waals surface area contributed by atoms with E-state index in [1.54, 1.807) is 0 Å². The fourth-order valence-electron chi connectivity index (χ4n) is 4.20. The second-order valence-electron chi connectivity index (χ2n) is 6.72. The molecule has 0 radical (unpaired) electrons. The van der Waals surface area contributed by atoms with Crippen LogP contribution in [0.4, 0.5) is 0 Å². The van der Waals surface area contributed by atoms with Crippen molar-refractivity contribution in [1.29, 1.82) is 0 Å². The van der Waals surface area contributed by atoms with E-state index in [4.69, 9.17) is 0 Å². The first-order valence-corrected chi connectivity index (χ1v) is 9.91. The second kappa shape index (κ2) is 5.57. The van der Waals surface area contributed by atoms with Crippen LogP contribution in [-0.4, -0.2) is 0 Å². The van der Waals surface area contributed by atoms with Gasteiger partial charge in [-0.25, -0.2) is 0 Å². The van der Waals surface area contributed by atoms with Crippen molar-refractivity contribution in [2.75, 3.05) is 0 Å². The molecule has 1 aromatic heterocycles. The summed E-state index contributed by atoms with van der Waals surface area (Å²) in [7, 11) is 0. The zero-order chi connectivity index (χ0) is 17.0. The summed E-state index contributed by atoms with van der Waals surface area (Å²) in [6.45, 7) is 4.51. The minimum Gasteiger partial charge on any atom is -0.134 e. The lowest BCUT2D eigenvalue weighted by Gasteiger charge is -2.07. The molecule has 0 aliphatic carbocycles. The number of fused-ring (bicyclic) bond motifs is 7. The number of thiophene rings is 1. The van der Waals surface area contributed by atoms with Gasteiger partial charge in [0.1, 0.15) is 0 Å². The summed E-state index contributed by atoms with van der Waals surface area (Å²) >= 11 is 1.97. The maximum atomic E-state index is 2.42. The van der Waals surface area contributed by atoms with Crippen LogP contribution in [0.25, 0.3) is 41.7 Å². The Balaban J connectivity index is 2.07. The summed E-state index contributed by atoms with van der Waals surface area (Å²) in [6, 6.07) is 22.6. The van der Waals surface area contributed by atoms with Crippen LogP contribution in [0.3, 0.4) is 0 Å². The molecule has 25 heavy (non-hydrogen) atoms. The molecule has 5 rings (SSSR count). The molecule has 0 unspecified atom stereocenters. The van der Waals surface area contributed by atoms with E-state index in [0.717, 1.165) is 12.8 Å². The van der Waals surface area contributed by atoms with Crippen LogP contribution in [0.2, 0.25) is 0 Å². The van der Waals surface area contributed by atoms with Gasteiger partial charge >= 0.3 is 0 Å². The van der Waals surface area contributed by atoms with E-state index < -0.39 is 0 Å². The quantitative estimate of drug-likeness (QED) is 0.312. The predicted molar refractivity (Wildman–Crippen MR) is 113 cm³/mol. The molecule has 5 aromatic rings. The molecule has 1 heterocycles. The minimum atomic E-state index is 1.08. The van der Waals surface area contributed by atoms with Gasteiger partial charge in [-0.2, -0.15) is 0 Å². The van der Waals surface area contributed by atoms with Crippen molar-refractivity contribution in [2.45, 2.75) is 26.7 Å². The van der Waals surface area contributed by atoms with E-state index in [1.807, 2.05) is 11.3 Å². The maximum Gasteiger partial charge on any atom is 0.0436 e. The van der Waals surface area contributed by atoms with Gasteiger partial charge in [-0.15, -0.1) is 11.3 Å². The molecule has 0 aliphatic heterocycles. The Labute approximate surface area is 151 Å². The third kappa shape index (κ3) is 2.06. The van der Waals surface area contributed by atoms with Gasteiger partial charge in [-0.1, -0.05) is 68.4 Å². The van der Waals surface area contributed by atoms with Crippen molar-refractivity contribution in [3.8, 4) is 0 Å². The molecule has 4 aromatic carbocycles. The van der Waals surface area contributed by atoms with Crippen molar-refractivity contribution in [2.24, 2.45) is 0 Å². The topological polar surface area (TPSA) is 0 Å². The van der Waals surface area contributed by atoms with E-state index in [2.05, 4.69) is 74.5 Å². The van der Waals surface area contributed by atoms with Gasteiger partial charge in [0.15, 0.2) is 0 Å². The minimum absolute atomic E-state index is 1.08. The Kier molecular flexibility index (Phi) is 3.33. The summed E-state index contributed by atoms with van der Waals surface area (Å²) in [6.07, 6.45) is 2.15. The number of aryl methyl sites for hydroxylation is 2. The van der Waals surface area contributed by atoms with Gasteiger partial charge in [0.25, 0.3) is 0 Å². The average Bonchev–Trinajstić information content (AvgIpc) is 3.05. The van der Waals surface area contributed by atoms with Gasteiger partial charge in [-0.3, -0.25) is 0 Å². The summed E-state index contributed by atoms with van der Waals surface area (Å²) in [5, 5.41) is 8.45. The Bertz CT molecular complexity index is 1260. The lowest BCUT2D eigenvalue weighted by molar-refractivity contribution is 1.16. The third-order valence-electron chi connectivity index (χ3n) is 5.42. The fraction of sp³-hybridized carbons (Fsp3) is 0.167. The molecular weight excluding hydrogens is 320 g/mol. The summed E-state index contributed by atoms with van der Waals surface area (Å²) in [4.78, 5) is 0. The fourth-order valence-corrected chi connectivity index (χ4v) is 5.57. The second-order valence-corrected chi connectivity index (χ2v) is 7.77. The first kappa shape index (κ1) is 14.9. The molecule has 122 valence electrons. The summed E-state index contributed by atoms with van der Waals surface area (Å²) < 4.78 is 2.87. The molecule has 0 nitrogen and oxygen atoms in total.